The Hall–Kier alpha value is -3.26. The van der Waals surface area contributed by atoms with Gasteiger partial charge in [-0.1, -0.05) is 29.8 Å². The third-order valence-electron chi connectivity index (χ3n) is 5.46. The fourth-order valence-electron chi connectivity index (χ4n) is 3.85. The summed E-state index contributed by atoms with van der Waals surface area (Å²) in [6.07, 6.45) is 2.63. The van der Waals surface area contributed by atoms with Crippen molar-refractivity contribution in [2.75, 3.05) is 24.2 Å². The van der Waals surface area contributed by atoms with E-state index in [1.165, 1.54) is 6.20 Å². The van der Waals surface area contributed by atoms with Crippen molar-refractivity contribution in [3.63, 3.8) is 0 Å². The highest BCUT2D eigenvalue weighted by Gasteiger charge is 2.30. The first-order valence-corrected chi connectivity index (χ1v) is 10.2. The molecular weight excluding hydrogens is 425 g/mol. The van der Waals surface area contributed by atoms with Gasteiger partial charge in [0.05, 0.1) is 22.6 Å². The Labute approximate surface area is 182 Å². The number of rotatable bonds is 6. The summed E-state index contributed by atoms with van der Waals surface area (Å²) in [5.41, 5.74) is 5.63. The van der Waals surface area contributed by atoms with Crippen molar-refractivity contribution in [3.05, 3.63) is 62.7 Å². The minimum absolute atomic E-state index is 0.0623. The van der Waals surface area contributed by atoms with Gasteiger partial charge in [0, 0.05) is 17.8 Å². The molecule has 0 saturated carbocycles. The van der Waals surface area contributed by atoms with Crippen LogP contribution in [0.3, 0.4) is 0 Å². The van der Waals surface area contributed by atoms with Crippen molar-refractivity contribution >= 4 is 39.8 Å². The highest BCUT2D eigenvalue weighted by atomic mass is 35.5. The summed E-state index contributed by atoms with van der Waals surface area (Å²) >= 11 is 6.18. The molecule has 2 aromatic carbocycles. The third-order valence-corrected chi connectivity index (χ3v) is 5.83. The number of aromatic nitrogens is 1. The summed E-state index contributed by atoms with van der Waals surface area (Å²) in [6, 6.07) is 7.26. The minimum Gasteiger partial charge on any atom is -0.487 e. The van der Waals surface area contributed by atoms with Gasteiger partial charge in [0.2, 0.25) is 5.43 Å². The lowest BCUT2D eigenvalue weighted by Crippen LogP contribution is -2.28. The molecule has 0 unspecified atom stereocenters. The maximum atomic E-state index is 15.2. The molecule has 1 aliphatic heterocycles. The van der Waals surface area contributed by atoms with Gasteiger partial charge in [0.25, 0.3) is 0 Å². The molecule has 4 N–H and O–H groups in total. The van der Waals surface area contributed by atoms with E-state index in [2.05, 4.69) is 5.32 Å². The summed E-state index contributed by atoms with van der Waals surface area (Å²) in [5.74, 6) is -2.06. The second kappa shape index (κ2) is 8.11. The SMILES string of the molecule is C[C@H]1COc2c(NCCCc3ccccc3Cl)c(F)c(N)c3c(=O)c(C(=O)O)cn1c23. The number of nitrogens with zero attached hydrogens (tertiary/aromatic N) is 1. The lowest BCUT2D eigenvalue weighted by atomic mass is 10.0. The zero-order chi connectivity index (χ0) is 22.3. The Kier molecular flexibility index (Phi) is 5.49. The Balaban J connectivity index is 1.73. The number of nitrogen functional groups attached to an aromatic ring is 1. The van der Waals surface area contributed by atoms with Gasteiger partial charge in [-0.05, 0) is 31.4 Å². The lowest BCUT2D eigenvalue weighted by molar-refractivity contribution is 0.0694. The van der Waals surface area contributed by atoms with Crippen LogP contribution in [-0.2, 0) is 6.42 Å². The molecule has 0 radical (unpaired) electrons. The van der Waals surface area contributed by atoms with E-state index in [-0.39, 0.29) is 29.5 Å². The zero-order valence-electron chi connectivity index (χ0n) is 16.7. The predicted octanol–water partition coefficient (Wildman–Crippen LogP) is 4.07. The predicted molar refractivity (Wildman–Crippen MR) is 118 cm³/mol. The summed E-state index contributed by atoms with van der Waals surface area (Å²) in [4.78, 5) is 24.2. The maximum Gasteiger partial charge on any atom is 0.341 e. The molecule has 4 rings (SSSR count). The Bertz CT molecular complexity index is 1260. The quantitative estimate of drug-likeness (QED) is 0.390. The highest BCUT2D eigenvalue weighted by Crippen LogP contribution is 2.43. The fourth-order valence-corrected chi connectivity index (χ4v) is 4.08. The van der Waals surface area contributed by atoms with E-state index in [0.29, 0.717) is 29.9 Å². The number of anilines is 2. The fraction of sp³-hybridized carbons (Fsp3) is 0.273. The molecule has 1 aromatic heterocycles. The molecule has 9 heteroatoms. The van der Waals surface area contributed by atoms with Crippen molar-refractivity contribution in [1.29, 1.82) is 0 Å². The summed E-state index contributed by atoms with van der Waals surface area (Å²) in [7, 11) is 0. The second-order valence-corrected chi connectivity index (χ2v) is 7.93. The number of hydrogen-bond acceptors (Lipinski definition) is 5. The first-order valence-electron chi connectivity index (χ1n) is 9.84. The molecule has 0 amide bonds. The van der Waals surface area contributed by atoms with Gasteiger partial charge >= 0.3 is 5.97 Å². The molecule has 1 aliphatic rings. The van der Waals surface area contributed by atoms with E-state index >= 15 is 4.39 Å². The Morgan fingerprint density at radius 1 is 1.42 bits per heavy atom. The average molecular weight is 446 g/mol. The van der Waals surface area contributed by atoms with Gasteiger partial charge in [-0.15, -0.1) is 0 Å². The van der Waals surface area contributed by atoms with Crippen LogP contribution in [0.1, 0.15) is 35.3 Å². The van der Waals surface area contributed by atoms with Crippen molar-refractivity contribution in [2.45, 2.75) is 25.8 Å². The molecule has 162 valence electrons. The first kappa shape index (κ1) is 21.0. The van der Waals surface area contributed by atoms with E-state index in [0.717, 1.165) is 5.56 Å². The standard InChI is InChI=1S/C22H21ClFN3O4/c1-11-10-31-21-18(26-8-4-6-12-5-2-3-7-14(12)23)16(24)17(25)15-19(21)27(11)9-13(20(15)28)22(29)30/h2-3,5,7,9,11,26H,4,6,8,10,25H2,1H3,(H,29,30)/t11-/m0/s1. The van der Waals surface area contributed by atoms with Crippen LogP contribution < -0.4 is 21.2 Å². The molecule has 0 fully saturated rings. The number of halogens is 2. The molecule has 0 saturated heterocycles. The summed E-state index contributed by atoms with van der Waals surface area (Å²) < 4.78 is 22.6. The number of aryl methyl sites for hydroxylation is 1. The second-order valence-electron chi connectivity index (χ2n) is 7.52. The zero-order valence-corrected chi connectivity index (χ0v) is 17.5. The van der Waals surface area contributed by atoms with E-state index in [9.17, 15) is 14.7 Å². The normalized spacial score (nSPS) is 15.0. The largest absolute Gasteiger partial charge is 0.487 e. The lowest BCUT2D eigenvalue weighted by Gasteiger charge is -2.29. The van der Waals surface area contributed by atoms with E-state index in [1.54, 1.807) is 4.57 Å². The summed E-state index contributed by atoms with van der Waals surface area (Å²) in [5, 5.41) is 12.9. The van der Waals surface area contributed by atoms with Crippen LogP contribution in [0.2, 0.25) is 5.02 Å². The number of ether oxygens (including phenoxy) is 1. The number of carboxylic acids is 1. The molecular formula is C22H21ClFN3O4. The van der Waals surface area contributed by atoms with Crippen molar-refractivity contribution in [1.82, 2.24) is 4.57 Å². The number of pyridine rings is 1. The number of carboxylic acid groups (broad SMARTS) is 1. The smallest absolute Gasteiger partial charge is 0.341 e. The van der Waals surface area contributed by atoms with Gasteiger partial charge in [0.1, 0.15) is 17.9 Å². The van der Waals surface area contributed by atoms with Crippen LogP contribution in [0.15, 0.2) is 35.3 Å². The number of hydrogen-bond donors (Lipinski definition) is 3. The number of nitrogens with one attached hydrogen (secondary N) is 1. The maximum absolute atomic E-state index is 15.2. The van der Waals surface area contributed by atoms with Crippen molar-refractivity contribution in [3.8, 4) is 5.75 Å². The number of aromatic carboxylic acids is 1. The average Bonchev–Trinajstić information content (AvgIpc) is 2.74. The number of carbonyl (C=O) groups is 1. The molecule has 7 nitrogen and oxygen atoms in total. The Morgan fingerprint density at radius 3 is 2.87 bits per heavy atom. The number of nitrogens with two attached hydrogens (primary N) is 1. The highest BCUT2D eigenvalue weighted by molar-refractivity contribution is 6.31. The van der Waals surface area contributed by atoms with Crippen LogP contribution in [-0.4, -0.2) is 28.8 Å². The van der Waals surface area contributed by atoms with Crippen LogP contribution >= 0.6 is 11.6 Å². The van der Waals surface area contributed by atoms with Crippen LogP contribution in [0.4, 0.5) is 15.8 Å². The van der Waals surface area contributed by atoms with Crippen LogP contribution in [0.5, 0.6) is 5.75 Å². The molecule has 1 atom stereocenters. The van der Waals surface area contributed by atoms with Gasteiger partial charge in [-0.2, -0.15) is 0 Å². The van der Waals surface area contributed by atoms with Gasteiger partial charge < -0.3 is 25.5 Å². The van der Waals surface area contributed by atoms with E-state index < -0.39 is 28.5 Å². The van der Waals surface area contributed by atoms with Crippen molar-refractivity contribution < 1.29 is 19.0 Å². The molecule has 2 heterocycles. The van der Waals surface area contributed by atoms with Crippen LogP contribution in [0, 0.1) is 5.82 Å². The van der Waals surface area contributed by atoms with Crippen molar-refractivity contribution in [2.24, 2.45) is 0 Å². The van der Waals surface area contributed by atoms with E-state index in [1.807, 2.05) is 31.2 Å². The van der Waals surface area contributed by atoms with Gasteiger partial charge in [-0.25, -0.2) is 9.18 Å². The van der Waals surface area contributed by atoms with Gasteiger partial charge in [0.15, 0.2) is 11.6 Å². The molecule has 3 aromatic rings. The number of benzene rings is 2. The molecule has 0 spiro atoms. The summed E-state index contributed by atoms with van der Waals surface area (Å²) in [6.45, 7) is 2.42. The Morgan fingerprint density at radius 2 is 2.16 bits per heavy atom. The monoisotopic (exact) mass is 445 g/mol. The topological polar surface area (TPSA) is 107 Å². The third kappa shape index (κ3) is 3.57. The van der Waals surface area contributed by atoms with Gasteiger partial charge in [-0.3, -0.25) is 4.79 Å². The first-order chi connectivity index (χ1) is 14.8. The minimum atomic E-state index is -1.39. The van der Waals surface area contributed by atoms with Crippen LogP contribution in [0.25, 0.3) is 10.9 Å². The van der Waals surface area contributed by atoms with E-state index in [4.69, 9.17) is 22.1 Å². The molecule has 31 heavy (non-hydrogen) atoms. The molecule has 0 bridgehead atoms. The molecule has 0 aliphatic carbocycles.